The number of nitrogens with zero attached hydrogens (tertiary/aromatic N) is 2. The smallest absolute Gasteiger partial charge is 0.257 e. The van der Waals surface area contributed by atoms with E-state index in [0.29, 0.717) is 23.2 Å². The first kappa shape index (κ1) is 16.2. The fraction of sp³-hybridized carbons (Fsp3) is 0.438. The first-order chi connectivity index (χ1) is 11.1. The molecule has 0 spiro atoms. The van der Waals surface area contributed by atoms with Crippen LogP contribution in [-0.2, 0) is 0 Å². The molecule has 2 aromatic heterocycles. The minimum Gasteiger partial charge on any atom is -0.477 e. The first-order valence-electron chi connectivity index (χ1n) is 7.61. The number of rotatable bonds is 6. The van der Waals surface area contributed by atoms with Gasteiger partial charge in [-0.15, -0.1) is 11.3 Å². The number of ether oxygens (including phenoxy) is 1. The molecule has 5 nitrogen and oxygen atoms in total. The number of carbonyl (C=O) groups is 1. The zero-order valence-electron chi connectivity index (χ0n) is 13.0. The minimum absolute atomic E-state index is 0.0497. The molecule has 0 radical (unpaired) electrons. The second kappa shape index (κ2) is 6.84. The Balaban J connectivity index is 1.82. The van der Waals surface area contributed by atoms with Gasteiger partial charge in [-0.1, -0.05) is 11.6 Å². The van der Waals surface area contributed by atoms with Crippen molar-refractivity contribution in [3.05, 3.63) is 38.9 Å². The van der Waals surface area contributed by atoms with Crippen LogP contribution in [0, 0.1) is 12.8 Å². The summed E-state index contributed by atoms with van der Waals surface area (Å²) >= 11 is 7.52. The highest BCUT2D eigenvalue weighted by atomic mass is 35.5. The number of hydrogen-bond donors (Lipinski definition) is 1. The molecule has 0 aromatic carbocycles. The van der Waals surface area contributed by atoms with Gasteiger partial charge in [0.05, 0.1) is 12.6 Å². The molecular formula is C16H18ClN3O2S. The molecule has 3 rings (SSSR count). The van der Waals surface area contributed by atoms with Gasteiger partial charge in [0.25, 0.3) is 5.91 Å². The summed E-state index contributed by atoms with van der Waals surface area (Å²) in [7, 11) is 0. The summed E-state index contributed by atoms with van der Waals surface area (Å²) < 4.78 is 5.44. The highest BCUT2D eigenvalue weighted by molar-refractivity contribution is 7.11. The van der Waals surface area contributed by atoms with Crippen molar-refractivity contribution >= 4 is 28.8 Å². The Morgan fingerprint density at radius 3 is 2.91 bits per heavy atom. The fourth-order valence-electron chi connectivity index (χ4n) is 2.38. The van der Waals surface area contributed by atoms with E-state index in [1.807, 2.05) is 20.0 Å². The summed E-state index contributed by atoms with van der Waals surface area (Å²) in [6.45, 7) is 4.28. The van der Waals surface area contributed by atoms with Crippen LogP contribution in [0.3, 0.4) is 0 Å². The third-order valence-electron chi connectivity index (χ3n) is 3.64. The summed E-state index contributed by atoms with van der Waals surface area (Å²) in [5.74, 6) is 0.519. The number of aryl methyl sites for hydroxylation is 1. The van der Waals surface area contributed by atoms with Crippen LogP contribution in [-0.4, -0.2) is 22.5 Å². The van der Waals surface area contributed by atoms with Crippen LogP contribution in [0.4, 0.5) is 0 Å². The molecule has 0 bridgehead atoms. The number of aromatic nitrogens is 2. The lowest BCUT2D eigenvalue weighted by atomic mass is 10.1. The summed E-state index contributed by atoms with van der Waals surface area (Å²) in [5.41, 5.74) is 0.398. The highest BCUT2D eigenvalue weighted by Gasteiger charge is 2.35. The Morgan fingerprint density at radius 1 is 1.52 bits per heavy atom. The van der Waals surface area contributed by atoms with Gasteiger partial charge in [-0.2, -0.15) is 0 Å². The quantitative estimate of drug-likeness (QED) is 0.804. The number of hydrogen-bond acceptors (Lipinski definition) is 5. The average molecular weight is 352 g/mol. The van der Waals surface area contributed by atoms with E-state index in [2.05, 4.69) is 15.3 Å². The summed E-state index contributed by atoms with van der Waals surface area (Å²) in [6, 6.07) is 3.19. The molecule has 1 aliphatic rings. The van der Waals surface area contributed by atoms with Crippen molar-refractivity contribution in [1.82, 2.24) is 15.3 Å². The molecule has 1 fully saturated rings. The van der Waals surface area contributed by atoms with Gasteiger partial charge in [-0.25, -0.2) is 9.97 Å². The SMILES string of the molecule is CCOc1nc(Cl)ccc1C(=O)NC(c1ncc(C)s1)C1CC1. The van der Waals surface area contributed by atoms with Crippen molar-refractivity contribution in [2.45, 2.75) is 32.7 Å². The number of pyridine rings is 1. The van der Waals surface area contributed by atoms with Crippen molar-refractivity contribution in [3.8, 4) is 5.88 Å². The molecular weight excluding hydrogens is 334 g/mol. The van der Waals surface area contributed by atoms with Crippen molar-refractivity contribution in [3.63, 3.8) is 0 Å². The number of nitrogens with one attached hydrogen (secondary N) is 1. The van der Waals surface area contributed by atoms with E-state index < -0.39 is 0 Å². The largest absolute Gasteiger partial charge is 0.477 e. The van der Waals surface area contributed by atoms with E-state index in [-0.39, 0.29) is 17.8 Å². The monoisotopic (exact) mass is 351 g/mol. The molecule has 1 unspecified atom stereocenters. The van der Waals surface area contributed by atoms with Crippen molar-refractivity contribution < 1.29 is 9.53 Å². The highest BCUT2D eigenvalue weighted by Crippen LogP contribution is 2.42. The Bertz CT molecular complexity index is 715. The predicted octanol–water partition coefficient (Wildman–Crippen LogP) is 3.78. The molecule has 122 valence electrons. The maximum absolute atomic E-state index is 12.7. The van der Waals surface area contributed by atoms with Crippen LogP contribution >= 0.6 is 22.9 Å². The van der Waals surface area contributed by atoms with Crippen molar-refractivity contribution in [1.29, 1.82) is 0 Å². The molecule has 23 heavy (non-hydrogen) atoms. The second-order valence-corrected chi connectivity index (χ2v) is 7.17. The molecule has 1 aliphatic carbocycles. The lowest BCUT2D eigenvalue weighted by Gasteiger charge is -2.17. The van der Waals surface area contributed by atoms with E-state index in [9.17, 15) is 4.79 Å². The van der Waals surface area contributed by atoms with Gasteiger partial charge < -0.3 is 10.1 Å². The Morgan fingerprint density at radius 2 is 2.30 bits per heavy atom. The molecule has 2 heterocycles. The second-order valence-electron chi connectivity index (χ2n) is 5.52. The van der Waals surface area contributed by atoms with Crippen LogP contribution in [0.1, 0.15) is 46.0 Å². The normalized spacial score (nSPS) is 15.3. The lowest BCUT2D eigenvalue weighted by Crippen LogP contribution is -2.30. The van der Waals surface area contributed by atoms with Gasteiger partial charge in [-0.3, -0.25) is 4.79 Å². The van der Waals surface area contributed by atoms with Crippen LogP contribution < -0.4 is 10.1 Å². The maximum Gasteiger partial charge on any atom is 0.257 e. The molecule has 0 saturated heterocycles. The fourth-order valence-corrected chi connectivity index (χ4v) is 3.44. The van der Waals surface area contributed by atoms with E-state index in [0.717, 1.165) is 22.7 Å². The Kier molecular flexibility index (Phi) is 4.82. The standard InChI is InChI=1S/C16H18ClN3O2S/c1-3-22-15-11(6-7-12(17)19-15)14(21)20-13(10-4-5-10)16-18-8-9(2)23-16/h6-8,10,13H,3-5H2,1-2H3,(H,20,21). The summed E-state index contributed by atoms with van der Waals surface area (Å²) in [4.78, 5) is 22.3. The molecule has 1 amide bonds. The number of thiazole rings is 1. The molecule has 1 N–H and O–H groups in total. The van der Waals surface area contributed by atoms with Crippen LogP contribution in [0.15, 0.2) is 18.3 Å². The summed E-state index contributed by atoms with van der Waals surface area (Å²) in [5, 5.41) is 4.35. The lowest BCUT2D eigenvalue weighted by molar-refractivity contribution is 0.0927. The van der Waals surface area contributed by atoms with Crippen molar-refractivity contribution in [2.75, 3.05) is 6.61 Å². The van der Waals surface area contributed by atoms with Gasteiger partial charge in [-0.05, 0) is 44.7 Å². The predicted molar refractivity (Wildman–Crippen MR) is 90.2 cm³/mol. The maximum atomic E-state index is 12.7. The van der Waals surface area contributed by atoms with Gasteiger partial charge in [0.2, 0.25) is 5.88 Å². The third-order valence-corrected chi connectivity index (χ3v) is 4.84. The summed E-state index contributed by atoms with van der Waals surface area (Å²) in [6.07, 6.45) is 4.07. The molecule has 1 saturated carbocycles. The van der Waals surface area contributed by atoms with Gasteiger partial charge in [0.1, 0.15) is 15.7 Å². The van der Waals surface area contributed by atoms with E-state index in [1.165, 1.54) is 0 Å². The topological polar surface area (TPSA) is 64.1 Å². The first-order valence-corrected chi connectivity index (χ1v) is 8.80. The van der Waals surface area contributed by atoms with Gasteiger partial charge in [0.15, 0.2) is 0 Å². The van der Waals surface area contributed by atoms with E-state index >= 15 is 0 Å². The Labute approximate surface area is 144 Å². The van der Waals surface area contributed by atoms with E-state index in [4.69, 9.17) is 16.3 Å². The number of halogens is 1. The zero-order valence-corrected chi connectivity index (χ0v) is 14.6. The van der Waals surface area contributed by atoms with Gasteiger partial charge in [0, 0.05) is 11.1 Å². The van der Waals surface area contributed by atoms with Gasteiger partial charge >= 0.3 is 0 Å². The van der Waals surface area contributed by atoms with Crippen molar-refractivity contribution in [2.24, 2.45) is 5.92 Å². The number of amides is 1. The third kappa shape index (κ3) is 3.82. The van der Waals surface area contributed by atoms with E-state index in [1.54, 1.807) is 23.5 Å². The zero-order chi connectivity index (χ0) is 16.4. The van der Waals surface area contributed by atoms with Crippen LogP contribution in [0.5, 0.6) is 5.88 Å². The molecule has 0 aliphatic heterocycles. The molecule has 7 heteroatoms. The van der Waals surface area contributed by atoms with Crippen LogP contribution in [0.2, 0.25) is 5.15 Å². The number of carbonyl (C=O) groups excluding carboxylic acids is 1. The average Bonchev–Trinajstić information content (AvgIpc) is 3.26. The Hall–Kier alpha value is -1.66. The molecule has 2 aromatic rings. The minimum atomic E-state index is -0.206. The van der Waals surface area contributed by atoms with Crippen LogP contribution in [0.25, 0.3) is 0 Å². The molecule has 1 atom stereocenters.